The second kappa shape index (κ2) is 12.5. The molecule has 1 amide bonds. The Balaban J connectivity index is 2.06. The van der Waals surface area contributed by atoms with Gasteiger partial charge in [-0.1, -0.05) is 43.8 Å². The summed E-state index contributed by atoms with van der Waals surface area (Å²) in [6, 6.07) is 7.12. The Morgan fingerprint density at radius 1 is 1.15 bits per heavy atom. The van der Waals surface area contributed by atoms with Crippen molar-refractivity contribution in [3.63, 3.8) is 0 Å². The number of hydrogen-bond donors (Lipinski definition) is 8. The van der Waals surface area contributed by atoms with Gasteiger partial charge in [-0.3, -0.25) is 4.79 Å². The zero-order valence-corrected chi connectivity index (χ0v) is 18.3. The molecule has 0 spiro atoms. The van der Waals surface area contributed by atoms with Crippen molar-refractivity contribution in [2.75, 3.05) is 13.2 Å². The van der Waals surface area contributed by atoms with Gasteiger partial charge in [0.1, 0.15) is 30.5 Å². The fraction of sp³-hybridized carbons (Fsp3) is 0.591. The maximum absolute atomic E-state index is 12.4. The Kier molecular flexibility index (Phi) is 10.4. The van der Waals surface area contributed by atoms with Gasteiger partial charge in [0, 0.05) is 19.1 Å². The van der Waals surface area contributed by atoms with Crippen LogP contribution in [0.15, 0.2) is 30.8 Å². The van der Waals surface area contributed by atoms with E-state index in [9.17, 15) is 40.5 Å². The largest absolute Gasteiger partial charge is 0.396 e. The molecule has 11 nitrogen and oxygen atoms in total. The van der Waals surface area contributed by atoms with Crippen molar-refractivity contribution in [2.45, 2.75) is 62.5 Å². The first-order valence-corrected chi connectivity index (χ1v) is 10.6. The van der Waals surface area contributed by atoms with Crippen LogP contribution in [0.2, 0.25) is 0 Å². The molecule has 0 aromatic heterocycles. The number of carbonyl (C=O) groups is 1. The molecule has 9 atom stereocenters. The summed E-state index contributed by atoms with van der Waals surface area (Å²) in [6.07, 6.45) is -11.5. The molecule has 186 valence electrons. The SMILES string of the molecule is C=Cc1ccc(CNC(=O)C(O)C(O)C(OC2OC(CO)C(O)C(O)C2O)C(C)CO)cc1. The molecule has 1 heterocycles. The lowest BCUT2D eigenvalue weighted by Crippen LogP contribution is -2.61. The minimum Gasteiger partial charge on any atom is -0.396 e. The number of rotatable bonds is 11. The van der Waals surface area contributed by atoms with Gasteiger partial charge >= 0.3 is 0 Å². The third kappa shape index (κ3) is 6.79. The summed E-state index contributed by atoms with van der Waals surface area (Å²) in [4.78, 5) is 12.4. The first-order valence-electron chi connectivity index (χ1n) is 10.6. The van der Waals surface area contributed by atoms with Crippen LogP contribution in [-0.2, 0) is 20.8 Å². The van der Waals surface area contributed by atoms with Gasteiger partial charge in [0.15, 0.2) is 12.4 Å². The molecule has 1 aromatic rings. The number of hydrogen-bond acceptors (Lipinski definition) is 10. The van der Waals surface area contributed by atoms with E-state index in [-0.39, 0.29) is 6.54 Å². The van der Waals surface area contributed by atoms with Crippen LogP contribution in [0.25, 0.3) is 6.08 Å². The lowest BCUT2D eigenvalue weighted by Gasteiger charge is -2.42. The highest BCUT2D eigenvalue weighted by Crippen LogP contribution is 2.26. The highest BCUT2D eigenvalue weighted by atomic mass is 16.7. The van der Waals surface area contributed by atoms with Gasteiger partial charge in [0.25, 0.3) is 5.91 Å². The predicted octanol–water partition coefficient (Wildman–Crippen LogP) is -2.52. The fourth-order valence-corrected chi connectivity index (χ4v) is 3.39. The first kappa shape index (κ1) is 27.3. The van der Waals surface area contributed by atoms with Crippen LogP contribution in [0.1, 0.15) is 18.1 Å². The Morgan fingerprint density at radius 2 is 1.79 bits per heavy atom. The molecule has 11 heteroatoms. The Bertz CT molecular complexity index is 758. The van der Waals surface area contributed by atoms with Crippen LogP contribution >= 0.6 is 0 Å². The Hall–Kier alpha value is -1.93. The molecule has 0 radical (unpaired) electrons. The third-order valence-electron chi connectivity index (χ3n) is 5.60. The zero-order chi connectivity index (χ0) is 24.7. The van der Waals surface area contributed by atoms with E-state index in [1.165, 1.54) is 6.92 Å². The molecule has 2 rings (SSSR count). The summed E-state index contributed by atoms with van der Waals surface area (Å²) < 4.78 is 10.8. The standard InChI is InChI=1S/C22H33NO10/c1-3-12-4-6-13(7-5-12)8-23-21(31)18(29)17(28)20(11(2)9-24)33-22-19(30)16(27)15(26)14(10-25)32-22/h3-7,11,14-20,22,24-30H,1,8-10H2,2H3,(H,23,31). The summed E-state index contributed by atoms with van der Waals surface area (Å²) in [7, 11) is 0. The normalized spacial score (nSPS) is 29.0. The van der Waals surface area contributed by atoms with Gasteiger partial charge in [-0.25, -0.2) is 0 Å². The van der Waals surface area contributed by atoms with Gasteiger partial charge in [-0.15, -0.1) is 0 Å². The number of nitrogens with one attached hydrogen (secondary N) is 1. The van der Waals surface area contributed by atoms with E-state index in [4.69, 9.17) is 9.47 Å². The summed E-state index contributed by atoms with van der Waals surface area (Å²) in [5, 5.41) is 72.3. The average molecular weight is 472 g/mol. The summed E-state index contributed by atoms with van der Waals surface area (Å²) in [5.41, 5.74) is 1.64. The van der Waals surface area contributed by atoms with E-state index in [0.717, 1.165) is 11.1 Å². The quantitative estimate of drug-likeness (QED) is 0.171. The van der Waals surface area contributed by atoms with E-state index < -0.39 is 74.1 Å². The molecule has 0 bridgehead atoms. The van der Waals surface area contributed by atoms with Crippen LogP contribution in [0.3, 0.4) is 0 Å². The fourth-order valence-electron chi connectivity index (χ4n) is 3.39. The molecule has 8 N–H and O–H groups in total. The highest BCUT2D eigenvalue weighted by molar-refractivity contribution is 5.81. The van der Waals surface area contributed by atoms with Crippen molar-refractivity contribution < 1.29 is 50.0 Å². The number of aliphatic hydroxyl groups is 7. The third-order valence-corrected chi connectivity index (χ3v) is 5.60. The first-order chi connectivity index (χ1) is 15.6. The molecular formula is C22H33NO10. The minimum absolute atomic E-state index is 0.0772. The number of amides is 1. The number of ether oxygens (including phenoxy) is 2. The molecule has 1 aliphatic heterocycles. The smallest absolute Gasteiger partial charge is 0.251 e. The zero-order valence-electron chi connectivity index (χ0n) is 18.3. The van der Waals surface area contributed by atoms with Crippen LogP contribution in [0.5, 0.6) is 0 Å². The van der Waals surface area contributed by atoms with Crippen molar-refractivity contribution in [1.29, 1.82) is 0 Å². The maximum atomic E-state index is 12.4. The van der Waals surface area contributed by atoms with Gasteiger partial charge in [-0.05, 0) is 11.1 Å². The Labute approximate surface area is 191 Å². The van der Waals surface area contributed by atoms with Gasteiger partial charge in [0.2, 0.25) is 0 Å². The molecular weight excluding hydrogens is 438 g/mol. The van der Waals surface area contributed by atoms with Gasteiger partial charge in [0.05, 0.1) is 12.7 Å². The summed E-state index contributed by atoms with van der Waals surface area (Å²) in [6.45, 7) is 4.00. The molecule has 1 saturated heterocycles. The van der Waals surface area contributed by atoms with Crippen molar-refractivity contribution in [2.24, 2.45) is 5.92 Å². The lowest BCUT2D eigenvalue weighted by atomic mass is 9.95. The lowest BCUT2D eigenvalue weighted by molar-refractivity contribution is -0.323. The molecule has 1 fully saturated rings. The maximum Gasteiger partial charge on any atom is 0.251 e. The van der Waals surface area contributed by atoms with Crippen molar-refractivity contribution >= 4 is 12.0 Å². The van der Waals surface area contributed by atoms with Crippen molar-refractivity contribution in [3.8, 4) is 0 Å². The van der Waals surface area contributed by atoms with E-state index in [2.05, 4.69) is 11.9 Å². The van der Waals surface area contributed by atoms with E-state index >= 15 is 0 Å². The molecule has 9 unspecified atom stereocenters. The van der Waals surface area contributed by atoms with Crippen LogP contribution in [-0.4, -0.2) is 104 Å². The van der Waals surface area contributed by atoms with Crippen LogP contribution in [0.4, 0.5) is 0 Å². The predicted molar refractivity (Wildman–Crippen MR) is 115 cm³/mol. The second-order valence-corrected chi connectivity index (χ2v) is 8.06. The van der Waals surface area contributed by atoms with Gasteiger partial charge < -0.3 is 50.5 Å². The van der Waals surface area contributed by atoms with E-state index in [0.29, 0.717) is 0 Å². The van der Waals surface area contributed by atoms with Crippen LogP contribution in [0, 0.1) is 5.92 Å². The Morgan fingerprint density at radius 3 is 2.33 bits per heavy atom. The van der Waals surface area contributed by atoms with Crippen LogP contribution < -0.4 is 5.32 Å². The molecule has 0 saturated carbocycles. The molecule has 0 aliphatic carbocycles. The number of carbonyl (C=O) groups excluding carboxylic acids is 1. The topological polar surface area (TPSA) is 189 Å². The molecule has 1 aliphatic rings. The number of benzene rings is 1. The monoisotopic (exact) mass is 471 g/mol. The highest BCUT2D eigenvalue weighted by Gasteiger charge is 2.47. The minimum atomic E-state index is -1.96. The van der Waals surface area contributed by atoms with E-state index in [1.54, 1.807) is 30.3 Å². The molecule has 33 heavy (non-hydrogen) atoms. The van der Waals surface area contributed by atoms with Crippen molar-refractivity contribution in [3.05, 3.63) is 42.0 Å². The second-order valence-electron chi connectivity index (χ2n) is 8.06. The van der Waals surface area contributed by atoms with Crippen molar-refractivity contribution in [1.82, 2.24) is 5.32 Å². The summed E-state index contributed by atoms with van der Waals surface area (Å²) in [5.74, 6) is -1.73. The molecule has 1 aromatic carbocycles. The van der Waals surface area contributed by atoms with Gasteiger partial charge in [-0.2, -0.15) is 0 Å². The summed E-state index contributed by atoms with van der Waals surface area (Å²) >= 11 is 0. The van der Waals surface area contributed by atoms with E-state index in [1.807, 2.05) is 0 Å². The number of aliphatic hydroxyl groups excluding tert-OH is 7. The average Bonchev–Trinajstić information content (AvgIpc) is 2.84.